The van der Waals surface area contributed by atoms with Crippen molar-refractivity contribution in [3.05, 3.63) is 65.1 Å². The lowest BCUT2D eigenvalue weighted by atomic mass is 10.1. The van der Waals surface area contributed by atoms with E-state index >= 15 is 0 Å². The van der Waals surface area contributed by atoms with Crippen LogP contribution in [0.3, 0.4) is 0 Å². The Kier molecular flexibility index (Phi) is 7.19. The Morgan fingerprint density at radius 1 is 1.03 bits per heavy atom. The molecule has 178 valence electrons. The summed E-state index contributed by atoms with van der Waals surface area (Å²) in [6.45, 7) is 6.87. The van der Waals surface area contributed by atoms with Gasteiger partial charge in [0.05, 0.1) is 37.2 Å². The SMILES string of the molecule is COC(=O)c1c(C)nc(-c2c(F)cncc2F)nc1Nc1ccc(CC(=O)OC(C)(C)C)cc1. The monoisotopic (exact) mass is 470 g/mol. The Labute approximate surface area is 195 Å². The van der Waals surface area contributed by atoms with Crippen molar-refractivity contribution >= 4 is 23.4 Å². The average molecular weight is 470 g/mol. The van der Waals surface area contributed by atoms with Gasteiger partial charge in [-0.2, -0.15) is 0 Å². The smallest absolute Gasteiger partial charge is 0.343 e. The second kappa shape index (κ2) is 9.90. The summed E-state index contributed by atoms with van der Waals surface area (Å²) in [5.74, 6) is -3.22. The minimum atomic E-state index is -0.942. The number of hydrogen-bond donors (Lipinski definition) is 1. The summed E-state index contributed by atoms with van der Waals surface area (Å²) in [6.07, 6.45) is 1.78. The second-order valence-electron chi connectivity index (χ2n) is 8.41. The van der Waals surface area contributed by atoms with Crippen molar-refractivity contribution < 1.29 is 27.8 Å². The molecule has 0 unspecified atom stereocenters. The molecule has 2 heterocycles. The first-order chi connectivity index (χ1) is 16.0. The van der Waals surface area contributed by atoms with Crippen molar-refractivity contribution in [3.63, 3.8) is 0 Å². The van der Waals surface area contributed by atoms with Gasteiger partial charge in [-0.25, -0.2) is 23.5 Å². The number of hydrogen-bond acceptors (Lipinski definition) is 8. The predicted molar refractivity (Wildman–Crippen MR) is 121 cm³/mol. The van der Waals surface area contributed by atoms with Gasteiger partial charge in [0, 0.05) is 5.69 Å². The van der Waals surface area contributed by atoms with E-state index in [1.54, 1.807) is 45.0 Å². The highest BCUT2D eigenvalue weighted by Gasteiger charge is 2.23. The van der Waals surface area contributed by atoms with Gasteiger partial charge in [-0.15, -0.1) is 0 Å². The van der Waals surface area contributed by atoms with E-state index in [0.29, 0.717) is 11.3 Å². The number of aromatic nitrogens is 3. The summed E-state index contributed by atoms with van der Waals surface area (Å²) < 4.78 is 38.7. The fourth-order valence-corrected chi connectivity index (χ4v) is 3.13. The highest BCUT2D eigenvalue weighted by molar-refractivity contribution is 5.96. The van der Waals surface area contributed by atoms with Crippen LogP contribution < -0.4 is 5.32 Å². The summed E-state index contributed by atoms with van der Waals surface area (Å²) in [5.41, 5.74) is 0.353. The molecule has 0 aliphatic heterocycles. The van der Waals surface area contributed by atoms with E-state index in [0.717, 1.165) is 12.4 Å². The molecule has 0 aliphatic rings. The molecule has 0 saturated carbocycles. The Bertz CT molecular complexity index is 1200. The maximum absolute atomic E-state index is 14.3. The molecule has 0 radical (unpaired) electrons. The van der Waals surface area contributed by atoms with Gasteiger partial charge in [0.25, 0.3) is 0 Å². The highest BCUT2D eigenvalue weighted by atomic mass is 19.1. The van der Waals surface area contributed by atoms with Crippen molar-refractivity contribution in [2.75, 3.05) is 12.4 Å². The number of benzene rings is 1. The van der Waals surface area contributed by atoms with Gasteiger partial charge in [-0.3, -0.25) is 9.78 Å². The molecule has 0 fully saturated rings. The molecule has 34 heavy (non-hydrogen) atoms. The molecule has 10 heteroatoms. The van der Waals surface area contributed by atoms with Gasteiger partial charge in [0.15, 0.2) is 17.5 Å². The number of halogens is 2. The molecule has 1 aromatic carbocycles. The molecule has 0 aliphatic carbocycles. The predicted octanol–water partition coefficient (Wildman–Crippen LogP) is 4.54. The van der Waals surface area contributed by atoms with E-state index in [1.165, 1.54) is 14.0 Å². The van der Waals surface area contributed by atoms with E-state index < -0.39 is 28.8 Å². The molecule has 3 rings (SSSR count). The Morgan fingerprint density at radius 2 is 1.65 bits per heavy atom. The summed E-state index contributed by atoms with van der Waals surface area (Å²) in [5, 5.41) is 2.97. The molecule has 0 bridgehead atoms. The number of aryl methyl sites for hydroxylation is 1. The van der Waals surface area contributed by atoms with E-state index in [-0.39, 0.29) is 35.3 Å². The Morgan fingerprint density at radius 3 is 2.21 bits per heavy atom. The maximum atomic E-state index is 14.3. The van der Waals surface area contributed by atoms with E-state index in [2.05, 4.69) is 20.3 Å². The summed E-state index contributed by atoms with van der Waals surface area (Å²) in [6, 6.07) is 6.76. The number of carbonyl (C=O) groups is 2. The number of ether oxygens (including phenoxy) is 2. The number of nitrogens with one attached hydrogen (secondary N) is 1. The fraction of sp³-hybridized carbons (Fsp3) is 0.292. The third-order valence-corrected chi connectivity index (χ3v) is 4.54. The zero-order valence-electron chi connectivity index (χ0n) is 19.4. The molecule has 0 spiro atoms. The van der Waals surface area contributed by atoms with E-state index in [4.69, 9.17) is 9.47 Å². The average Bonchev–Trinajstić information content (AvgIpc) is 2.73. The van der Waals surface area contributed by atoms with Gasteiger partial charge >= 0.3 is 11.9 Å². The molecule has 2 aromatic heterocycles. The minimum Gasteiger partial charge on any atom is -0.465 e. The zero-order chi connectivity index (χ0) is 25.0. The van der Waals surface area contributed by atoms with Gasteiger partial charge in [-0.05, 0) is 45.4 Å². The van der Waals surface area contributed by atoms with Crippen LogP contribution in [0.25, 0.3) is 11.4 Å². The number of rotatable bonds is 6. The van der Waals surface area contributed by atoms with Crippen LogP contribution in [0.15, 0.2) is 36.7 Å². The Hall–Kier alpha value is -3.95. The molecule has 3 aromatic rings. The van der Waals surface area contributed by atoms with Crippen LogP contribution in [0.4, 0.5) is 20.3 Å². The van der Waals surface area contributed by atoms with Crippen LogP contribution in [0.1, 0.15) is 42.4 Å². The van der Waals surface area contributed by atoms with E-state index in [9.17, 15) is 18.4 Å². The van der Waals surface area contributed by atoms with Gasteiger partial charge in [0.2, 0.25) is 0 Å². The number of pyridine rings is 1. The van der Waals surface area contributed by atoms with Crippen LogP contribution in [0, 0.1) is 18.6 Å². The maximum Gasteiger partial charge on any atom is 0.343 e. The number of nitrogens with zero attached hydrogens (tertiary/aromatic N) is 3. The molecule has 8 nitrogen and oxygen atoms in total. The van der Waals surface area contributed by atoms with Gasteiger partial charge in [-0.1, -0.05) is 12.1 Å². The second-order valence-corrected chi connectivity index (χ2v) is 8.41. The zero-order valence-corrected chi connectivity index (χ0v) is 19.4. The quantitative estimate of drug-likeness (QED) is 0.524. The standard InChI is InChI=1S/C24H24F2N4O4/c1-13-19(23(32)33-5)21(30-22(28-13)20-16(25)11-27-12-17(20)26)29-15-8-6-14(7-9-15)10-18(31)34-24(2,3)4/h6-9,11-12H,10H2,1-5H3,(H,28,29,30). The first kappa shape index (κ1) is 24.7. The van der Waals surface area contributed by atoms with Crippen molar-refractivity contribution in [3.8, 4) is 11.4 Å². The van der Waals surface area contributed by atoms with Crippen molar-refractivity contribution in [2.45, 2.75) is 39.7 Å². The number of anilines is 2. The summed E-state index contributed by atoms with van der Waals surface area (Å²) in [7, 11) is 1.20. The molecular formula is C24H24F2N4O4. The first-order valence-electron chi connectivity index (χ1n) is 10.3. The lowest BCUT2D eigenvalue weighted by Gasteiger charge is -2.19. The lowest BCUT2D eigenvalue weighted by molar-refractivity contribution is -0.153. The van der Waals surface area contributed by atoms with Crippen molar-refractivity contribution in [1.29, 1.82) is 0 Å². The number of esters is 2. The highest BCUT2D eigenvalue weighted by Crippen LogP contribution is 2.28. The van der Waals surface area contributed by atoms with Crippen LogP contribution in [-0.2, 0) is 20.7 Å². The largest absolute Gasteiger partial charge is 0.465 e. The van der Waals surface area contributed by atoms with Gasteiger partial charge in [0.1, 0.15) is 17.0 Å². The van der Waals surface area contributed by atoms with E-state index in [1.807, 2.05) is 0 Å². The third kappa shape index (κ3) is 5.89. The molecule has 1 N–H and O–H groups in total. The molecule has 0 atom stereocenters. The summed E-state index contributed by atoms with van der Waals surface area (Å²) >= 11 is 0. The van der Waals surface area contributed by atoms with Crippen LogP contribution in [0.5, 0.6) is 0 Å². The number of methoxy groups -OCH3 is 1. The van der Waals surface area contributed by atoms with Crippen LogP contribution >= 0.6 is 0 Å². The molecular weight excluding hydrogens is 446 g/mol. The van der Waals surface area contributed by atoms with Crippen LogP contribution in [-0.4, -0.2) is 39.6 Å². The third-order valence-electron chi connectivity index (χ3n) is 4.54. The topological polar surface area (TPSA) is 103 Å². The normalized spacial score (nSPS) is 11.1. The lowest BCUT2D eigenvalue weighted by Crippen LogP contribution is -2.24. The van der Waals surface area contributed by atoms with Crippen molar-refractivity contribution in [2.24, 2.45) is 0 Å². The first-order valence-corrected chi connectivity index (χ1v) is 10.3. The van der Waals surface area contributed by atoms with Crippen molar-refractivity contribution in [1.82, 2.24) is 15.0 Å². The van der Waals surface area contributed by atoms with Gasteiger partial charge < -0.3 is 14.8 Å². The summed E-state index contributed by atoms with van der Waals surface area (Å²) in [4.78, 5) is 36.2. The number of carbonyl (C=O) groups excluding carboxylic acids is 2. The molecule has 0 amide bonds. The van der Waals surface area contributed by atoms with Crippen LogP contribution in [0.2, 0.25) is 0 Å². The minimum absolute atomic E-state index is 0.00449. The fourth-order valence-electron chi connectivity index (χ4n) is 3.13. The molecule has 0 saturated heterocycles. The Balaban J connectivity index is 1.94.